The molecule has 0 saturated heterocycles. The highest BCUT2D eigenvalue weighted by Gasteiger charge is 2.21. The van der Waals surface area contributed by atoms with Crippen LogP contribution in [0.4, 0.5) is 0 Å². The fraction of sp³-hybridized carbons (Fsp3) is 0.455. The van der Waals surface area contributed by atoms with E-state index in [1.54, 1.807) is 24.1 Å². The summed E-state index contributed by atoms with van der Waals surface area (Å²) in [6.07, 6.45) is 3.92. The lowest BCUT2D eigenvalue weighted by atomic mass is 10.4. The molecule has 2 heterocycles. The van der Waals surface area contributed by atoms with E-state index in [-0.39, 0.29) is 9.56 Å². The average molecular weight is 378 g/mol. The number of nitrogens with one attached hydrogen (secondary N) is 2. The van der Waals surface area contributed by atoms with E-state index in [2.05, 4.69) is 36.3 Å². The molecule has 0 fully saturated rings. The topological polar surface area (TPSA) is 102 Å². The molecular weight excluding hydrogens is 362 g/mol. The van der Waals surface area contributed by atoms with Crippen LogP contribution in [0.2, 0.25) is 0 Å². The van der Waals surface area contributed by atoms with Gasteiger partial charge in [0.1, 0.15) is 10.7 Å². The Hall–Kier alpha value is -1.23. The second-order valence-corrected chi connectivity index (χ2v) is 6.75. The summed E-state index contributed by atoms with van der Waals surface area (Å²) >= 11 is 3.13. The second kappa shape index (κ2) is 7.16. The van der Waals surface area contributed by atoms with Crippen LogP contribution in [0.1, 0.15) is 12.2 Å². The van der Waals surface area contributed by atoms with Crippen molar-refractivity contribution in [1.82, 2.24) is 25.0 Å². The molecule has 0 spiro atoms. The first-order valence-electron chi connectivity index (χ1n) is 6.29. The molecule has 0 bridgehead atoms. The molecule has 10 heteroatoms. The smallest absolute Gasteiger partial charge is 0.244 e. The maximum absolute atomic E-state index is 12.2. The van der Waals surface area contributed by atoms with Crippen molar-refractivity contribution in [1.29, 1.82) is 0 Å². The van der Waals surface area contributed by atoms with Gasteiger partial charge in [-0.05, 0) is 29.4 Å². The van der Waals surface area contributed by atoms with E-state index in [1.807, 2.05) is 0 Å². The van der Waals surface area contributed by atoms with Gasteiger partial charge in [0.05, 0.1) is 12.7 Å². The third kappa shape index (κ3) is 4.37. The Morgan fingerprint density at radius 2 is 2.29 bits per heavy atom. The molecule has 21 heavy (non-hydrogen) atoms. The number of sulfonamides is 1. The Labute approximate surface area is 131 Å². The number of halogens is 1. The molecule has 0 aromatic carbocycles. The summed E-state index contributed by atoms with van der Waals surface area (Å²) < 4.78 is 34.1. The largest absolute Gasteiger partial charge is 0.452 e. The number of rotatable bonds is 8. The van der Waals surface area contributed by atoms with Crippen LogP contribution in [0.3, 0.4) is 0 Å². The van der Waals surface area contributed by atoms with Crippen molar-refractivity contribution in [2.24, 2.45) is 0 Å². The number of nitrogens with zero attached hydrogens (tertiary/aromatic N) is 3. The van der Waals surface area contributed by atoms with E-state index < -0.39 is 10.0 Å². The molecule has 0 atom stereocenters. The summed E-state index contributed by atoms with van der Waals surface area (Å²) in [7, 11) is -1.84. The molecule has 116 valence electrons. The minimum atomic E-state index is -3.59. The van der Waals surface area contributed by atoms with Crippen LogP contribution in [0.15, 0.2) is 32.4 Å². The zero-order chi connectivity index (χ0) is 15.3. The van der Waals surface area contributed by atoms with Gasteiger partial charge in [0.2, 0.25) is 10.0 Å². The third-order valence-electron chi connectivity index (χ3n) is 2.68. The van der Waals surface area contributed by atoms with Crippen molar-refractivity contribution >= 4 is 26.0 Å². The van der Waals surface area contributed by atoms with Crippen molar-refractivity contribution in [3.05, 3.63) is 28.9 Å². The highest BCUT2D eigenvalue weighted by Crippen LogP contribution is 2.25. The van der Waals surface area contributed by atoms with Gasteiger partial charge in [0.15, 0.2) is 4.67 Å². The van der Waals surface area contributed by atoms with Gasteiger partial charge in [-0.2, -0.15) is 0 Å². The van der Waals surface area contributed by atoms with Gasteiger partial charge < -0.3 is 9.73 Å². The molecule has 2 aromatic rings. The molecular formula is C11H16BrN5O3S. The summed E-state index contributed by atoms with van der Waals surface area (Å²) in [5, 5.41) is 10.4. The van der Waals surface area contributed by atoms with Gasteiger partial charge in [0, 0.05) is 25.4 Å². The summed E-state index contributed by atoms with van der Waals surface area (Å²) in [6.45, 7) is 1.36. The first-order valence-corrected chi connectivity index (χ1v) is 8.57. The zero-order valence-corrected chi connectivity index (χ0v) is 13.8. The van der Waals surface area contributed by atoms with Crippen molar-refractivity contribution in [3.63, 3.8) is 0 Å². The first-order chi connectivity index (χ1) is 10.0. The van der Waals surface area contributed by atoms with Crippen molar-refractivity contribution in [2.75, 3.05) is 13.6 Å². The standard InChI is InChI=1S/C11H16BrN5O3S/c1-13-8-9-7-10(11(12)20-9)21(18,19)15-3-2-5-17-6-4-14-16-17/h4,6-7,13,15H,2-3,5,8H2,1H3. The van der Waals surface area contributed by atoms with Crippen LogP contribution in [-0.4, -0.2) is 37.0 Å². The molecule has 0 aliphatic carbocycles. The van der Waals surface area contributed by atoms with Gasteiger partial charge >= 0.3 is 0 Å². The highest BCUT2D eigenvalue weighted by atomic mass is 79.9. The Balaban J connectivity index is 1.91. The van der Waals surface area contributed by atoms with E-state index in [0.717, 1.165) is 0 Å². The van der Waals surface area contributed by atoms with E-state index in [9.17, 15) is 8.42 Å². The molecule has 2 N–H and O–H groups in total. The normalized spacial score (nSPS) is 11.9. The average Bonchev–Trinajstić information content (AvgIpc) is 3.05. The summed E-state index contributed by atoms with van der Waals surface area (Å²) in [6, 6.07) is 1.50. The second-order valence-electron chi connectivity index (χ2n) is 4.30. The molecule has 0 saturated carbocycles. The van der Waals surface area contributed by atoms with Crippen LogP contribution in [0, 0.1) is 0 Å². The van der Waals surface area contributed by atoms with Crippen LogP contribution in [0.5, 0.6) is 0 Å². The zero-order valence-electron chi connectivity index (χ0n) is 11.4. The molecule has 2 rings (SSSR count). The predicted molar refractivity (Wildman–Crippen MR) is 79.0 cm³/mol. The van der Waals surface area contributed by atoms with Crippen LogP contribution < -0.4 is 10.0 Å². The van der Waals surface area contributed by atoms with Gasteiger partial charge in [-0.1, -0.05) is 5.21 Å². The Kier molecular flexibility index (Phi) is 5.51. The number of hydrogen-bond acceptors (Lipinski definition) is 6. The number of aryl methyl sites for hydroxylation is 1. The van der Waals surface area contributed by atoms with E-state index in [1.165, 1.54) is 6.07 Å². The molecule has 0 radical (unpaired) electrons. The lowest BCUT2D eigenvalue weighted by molar-refractivity contribution is 0.470. The quantitative estimate of drug-likeness (QED) is 0.657. The lowest BCUT2D eigenvalue weighted by Crippen LogP contribution is -2.25. The SMILES string of the molecule is CNCc1cc(S(=O)(=O)NCCCn2ccnn2)c(Br)o1. The monoisotopic (exact) mass is 377 g/mol. The Bertz CT molecular complexity index is 668. The van der Waals surface area contributed by atoms with E-state index in [0.29, 0.717) is 31.8 Å². The maximum Gasteiger partial charge on any atom is 0.244 e. The van der Waals surface area contributed by atoms with Crippen LogP contribution in [-0.2, 0) is 23.1 Å². The summed E-state index contributed by atoms with van der Waals surface area (Å²) in [4.78, 5) is 0.105. The number of furan rings is 1. The predicted octanol–water partition coefficient (Wildman–Crippen LogP) is 0.722. The van der Waals surface area contributed by atoms with Gasteiger partial charge in [0.25, 0.3) is 0 Å². The van der Waals surface area contributed by atoms with Crippen molar-refractivity contribution < 1.29 is 12.8 Å². The number of hydrogen-bond donors (Lipinski definition) is 2. The van der Waals surface area contributed by atoms with Crippen molar-refractivity contribution in [2.45, 2.75) is 24.4 Å². The molecule has 0 aliphatic rings. The Morgan fingerprint density at radius 1 is 1.48 bits per heavy atom. The molecule has 0 unspecified atom stereocenters. The van der Waals surface area contributed by atoms with Crippen LogP contribution >= 0.6 is 15.9 Å². The highest BCUT2D eigenvalue weighted by molar-refractivity contribution is 9.10. The van der Waals surface area contributed by atoms with Gasteiger partial charge in [-0.3, -0.25) is 4.68 Å². The molecule has 8 nitrogen and oxygen atoms in total. The maximum atomic E-state index is 12.2. The van der Waals surface area contributed by atoms with Gasteiger partial charge in [-0.25, -0.2) is 13.1 Å². The van der Waals surface area contributed by atoms with Crippen molar-refractivity contribution in [3.8, 4) is 0 Å². The molecule has 0 aliphatic heterocycles. The Morgan fingerprint density at radius 3 is 2.95 bits per heavy atom. The van der Waals surface area contributed by atoms with E-state index in [4.69, 9.17) is 4.42 Å². The third-order valence-corrected chi connectivity index (χ3v) is 4.99. The van der Waals surface area contributed by atoms with E-state index >= 15 is 0 Å². The minimum Gasteiger partial charge on any atom is -0.452 e. The summed E-state index contributed by atoms with van der Waals surface area (Å²) in [5.41, 5.74) is 0. The summed E-state index contributed by atoms with van der Waals surface area (Å²) in [5.74, 6) is 0.548. The van der Waals surface area contributed by atoms with Gasteiger partial charge in [-0.15, -0.1) is 5.10 Å². The molecule has 0 amide bonds. The lowest BCUT2D eigenvalue weighted by Gasteiger charge is -2.05. The van der Waals surface area contributed by atoms with Crippen LogP contribution in [0.25, 0.3) is 0 Å². The fourth-order valence-electron chi connectivity index (χ4n) is 1.72. The minimum absolute atomic E-state index is 0.105. The first kappa shape index (κ1) is 16.1. The molecule has 2 aromatic heterocycles. The fourth-order valence-corrected chi connectivity index (χ4v) is 3.79. The number of aromatic nitrogens is 3.